The Hall–Kier alpha value is -0.0400. The van der Waals surface area contributed by atoms with Gasteiger partial charge in [-0.3, -0.25) is 0 Å². The smallest absolute Gasteiger partial charge is 0.0663 e. The summed E-state index contributed by atoms with van der Waals surface area (Å²) in [5.74, 6) is 9.13. The zero-order valence-electron chi connectivity index (χ0n) is 16.0. The molecule has 0 aliphatic heterocycles. The highest BCUT2D eigenvalue weighted by Gasteiger charge is 2.85. The maximum Gasteiger partial charge on any atom is 0.0663 e. The first kappa shape index (κ1) is 15.2. The second kappa shape index (κ2) is 4.37. The van der Waals surface area contributed by atoms with Crippen molar-refractivity contribution in [3.63, 3.8) is 0 Å². The molecule has 0 aromatic rings. The zero-order chi connectivity index (χ0) is 16.3. The molecule has 12 atom stereocenters. The third-order valence-electron chi connectivity index (χ3n) is 10.3. The molecule has 5 saturated carbocycles. The lowest BCUT2D eigenvalue weighted by atomic mass is 9.37. The quantitative estimate of drug-likeness (QED) is 0.688. The molecule has 0 aromatic heterocycles. The van der Waals surface area contributed by atoms with Crippen LogP contribution in [-0.2, 0) is 4.74 Å². The van der Waals surface area contributed by atoms with Gasteiger partial charge in [0.25, 0.3) is 0 Å². The third-order valence-corrected chi connectivity index (χ3v) is 10.3. The SMILES string of the molecule is CCCC1(C)C(C)C2C(CC)C3C4C5CC5C4C3(C)[C@@H]2C1OC. The van der Waals surface area contributed by atoms with Crippen LogP contribution in [0.15, 0.2) is 0 Å². The summed E-state index contributed by atoms with van der Waals surface area (Å²) in [5.41, 5.74) is 1.02. The van der Waals surface area contributed by atoms with Gasteiger partial charge in [-0.1, -0.05) is 47.5 Å². The van der Waals surface area contributed by atoms with Gasteiger partial charge in [0.1, 0.15) is 0 Å². The van der Waals surface area contributed by atoms with E-state index in [1.165, 1.54) is 19.3 Å². The molecule has 5 fully saturated rings. The van der Waals surface area contributed by atoms with Gasteiger partial charge in [0.15, 0.2) is 0 Å². The average molecular weight is 317 g/mol. The van der Waals surface area contributed by atoms with E-state index in [9.17, 15) is 0 Å². The van der Waals surface area contributed by atoms with Crippen LogP contribution in [0, 0.1) is 64.1 Å². The van der Waals surface area contributed by atoms with Gasteiger partial charge in [0.2, 0.25) is 0 Å². The van der Waals surface area contributed by atoms with Gasteiger partial charge in [-0.05, 0) is 76.9 Å². The van der Waals surface area contributed by atoms with Crippen molar-refractivity contribution in [1.29, 1.82) is 0 Å². The predicted octanol–water partition coefficient (Wildman–Crippen LogP) is 5.25. The van der Waals surface area contributed by atoms with Crippen LogP contribution < -0.4 is 0 Å². The minimum atomic E-state index is 0.401. The molecule has 1 heteroatoms. The summed E-state index contributed by atoms with van der Waals surface area (Å²) in [6.07, 6.45) is 6.13. The normalized spacial score (nSPS) is 67.6. The van der Waals surface area contributed by atoms with Crippen LogP contribution >= 0.6 is 0 Å². The third kappa shape index (κ3) is 1.37. The molecule has 0 radical (unpaired) electrons. The molecule has 23 heavy (non-hydrogen) atoms. The van der Waals surface area contributed by atoms with E-state index in [2.05, 4.69) is 34.6 Å². The van der Waals surface area contributed by atoms with Crippen molar-refractivity contribution >= 4 is 0 Å². The fourth-order valence-electron chi connectivity index (χ4n) is 9.66. The molecule has 5 aliphatic rings. The Balaban J connectivity index is 1.58. The largest absolute Gasteiger partial charge is 0.381 e. The molecule has 0 amide bonds. The lowest BCUT2D eigenvalue weighted by molar-refractivity contribution is -0.220. The number of fused-ring (bicyclic) bond motifs is 9. The van der Waals surface area contributed by atoms with E-state index in [1.807, 2.05) is 7.11 Å². The first-order valence-corrected chi connectivity index (χ1v) is 10.5. The van der Waals surface area contributed by atoms with Crippen molar-refractivity contribution in [2.75, 3.05) is 7.11 Å². The van der Waals surface area contributed by atoms with Gasteiger partial charge >= 0.3 is 0 Å². The Morgan fingerprint density at radius 3 is 2.35 bits per heavy atom. The summed E-state index contributed by atoms with van der Waals surface area (Å²) in [4.78, 5) is 0. The predicted molar refractivity (Wildman–Crippen MR) is 93.9 cm³/mol. The average Bonchev–Trinajstić information content (AvgIpc) is 3.07. The molecule has 0 bridgehead atoms. The van der Waals surface area contributed by atoms with Crippen molar-refractivity contribution < 1.29 is 4.74 Å². The standard InChI is InChI=1S/C22H36O/c1-7-9-21(4)11(3)15-12(8-2)17-16-13-10-14(13)18(16)22(17,5)19(15)20(21)23-6/h11-20H,7-10H2,1-6H3/t11?,12?,13?,14?,15?,16?,17?,18?,19-,20?,21?,22?/m0/s1. The summed E-state index contributed by atoms with van der Waals surface area (Å²) in [6, 6.07) is 0. The minimum Gasteiger partial charge on any atom is -0.381 e. The first-order chi connectivity index (χ1) is 11.0. The van der Waals surface area contributed by atoms with Crippen LogP contribution in [0.4, 0.5) is 0 Å². The minimum absolute atomic E-state index is 0.401. The Morgan fingerprint density at radius 2 is 1.74 bits per heavy atom. The first-order valence-electron chi connectivity index (χ1n) is 10.5. The van der Waals surface area contributed by atoms with E-state index >= 15 is 0 Å². The lowest BCUT2D eigenvalue weighted by Crippen LogP contribution is -2.65. The topological polar surface area (TPSA) is 9.23 Å². The second-order valence-electron chi connectivity index (χ2n) is 10.4. The maximum absolute atomic E-state index is 6.33. The summed E-state index contributed by atoms with van der Waals surface area (Å²) in [7, 11) is 2.02. The fraction of sp³-hybridized carbons (Fsp3) is 1.00. The molecular weight excluding hydrogens is 280 g/mol. The fourth-order valence-corrected chi connectivity index (χ4v) is 9.66. The molecular formula is C22H36O. The highest BCUT2D eigenvalue weighted by atomic mass is 16.5. The van der Waals surface area contributed by atoms with Crippen molar-refractivity contribution in [2.45, 2.75) is 66.4 Å². The van der Waals surface area contributed by atoms with Gasteiger partial charge in [-0.25, -0.2) is 0 Å². The van der Waals surface area contributed by atoms with E-state index in [4.69, 9.17) is 4.74 Å². The summed E-state index contributed by atoms with van der Waals surface area (Å²) >= 11 is 0. The highest BCUT2D eigenvalue weighted by Crippen LogP contribution is 2.89. The zero-order valence-corrected chi connectivity index (χ0v) is 16.0. The van der Waals surface area contributed by atoms with Crippen LogP contribution in [0.1, 0.15) is 60.3 Å². The summed E-state index contributed by atoms with van der Waals surface area (Å²) < 4.78 is 6.33. The molecule has 130 valence electrons. The number of rotatable bonds is 4. The van der Waals surface area contributed by atoms with Gasteiger partial charge in [-0.2, -0.15) is 0 Å². The molecule has 0 aromatic carbocycles. The van der Waals surface area contributed by atoms with Crippen molar-refractivity contribution in [2.24, 2.45) is 64.1 Å². The van der Waals surface area contributed by atoms with Crippen molar-refractivity contribution in [3.8, 4) is 0 Å². The molecule has 0 N–H and O–H groups in total. The number of hydrogen-bond donors (Lipinski definition) is 0. The van der Waals surface area contributed by atoms with E-state index in [1.54, 1.807) is 6.42 Å². The van der Waals surface area contributed by atoms with Gasteiger partial charge in [-0.15, -0.1) is 0 Å². The summed E-state index contributed by atoms with van der Waals surface area (Å²) in [6.45, 7) is 12.7. The molecule has 1 nitrogen and oxygen atoms in total. The van der Waals surface area contributed by atoms with Crippen molar-refractivity contribution in [3.05, 3.63) is 0 Å². The second-order valence-corrected chi connectivity index (χ2v) is 10.4. The molecule has 0 saturated heterocycles. The van der Waals surface area contributed by atoms with E-state index < -0.39 is 0 Å². The van der Waals surface area contributed by atoms with Crippen LogP contribution in [0.2, 0.25) is 0 Å². The monoisotopic (exact) mass is 316 g/mol. The Bertz CT molecular complexity index is 528. The highest BCUT2D eigenvalue weighted by molar-refractivity contribution is 5.32. The van der Waals surface area contributed by atoms with Gasteiger partial charge < -0.3 is 4.74 Å². The summed E-state index contributed by atoms with van der Waals surface area (Å²) in [5, 5.41) is 0. The molecule has 0 spiro atoms. The Morgan fingerprint density at radius 1 is 1.00 bits per heavy atom. The number of ether oxygens (including phenoxy) is 1. The molecule has 0 heterocycles. The molecule has 11 unspecified atom stereocenters. The van der Waals surface area contributed by atoms with Gasteiger partial charge in [0, 0.05) is 7.11 Å². The number of methoxy groups -OCH3 is 1. The molecule has 5 rings (SSSR count). The Kier molecular flexibility index (Phi) is 2.90. The van der Waals surface area contributed by atoms with E-state index in [0.29, 0.717) is 16.9 Å². The van der Waals surface area contributed by atoms with E-state index in [0.717, 1.165) is 53.3 Å². The van der Waals surface area contributed by atoms with Crippen LogP contribution in [-0.4, -0.2) is 13.2 Å². The van der Waals surface area contributed by atoms with Crippen molar-refractivity contribution in [1.82, 2.24) is 0 Å². The maximum atomic E-state index is 6.33. The molecule has 5 aliphatic carbocycles. The Labute approximate surface area is 142 Å². The van der Waals surface area contributed by atoms with Gasteiger partial charge in [0.05, 0.1) is 6.10 Å². The van der Waals surface area contributed by atoms with E-state index in [-0.39, 0.29) is 0 Å². The lowest BCUT2D eigenvalue weighted by Gasteiger charge is -2.67. The van der Waals surface area contributed by atoms with Crippen LogP contribution in [0.25, 0.3) is 0 Å². The van der Waals surface area contributed by atoms with Crippen LogP contribution in [0.5, 0.6) is 0 Å². The number of hydrogen-bond acceptors (Lipinski definition) is 1. The van der Waals surface area contributed by atoms with Crippen LogP contribution in [0.3, 0.4) is 0 Å².